The number of halogens is 2. The van der Waals surface area contributed by atoms with Crippen molar-refractivity contribution in [1.29, 1.82) is 0 Å². The van der Waals surface area contributed by atoms with Crippen LogP contribution in [0.2, 0.25) is 0 Å². The van der Waals surface area contributed by atoms with Crippen LogP contribution in [-0.2, 0) is 11.2 Å². The number of hydrogen-bond donors (Lipinski definition) is 1. The average molecular weight is 287 g/mol. The van der Waals surface area contributed by atoms with E-state index in [2.05, 4.69) is 15.3 Å². The third-order valence-corrected chi connectivity index (χ3v) is 3.46. The molecule has 2 aromatic heterocycles. The van der Waals surface area contributed by atoms with Gasteiger partial charge in [-0.05, 0) is 13.0 Å². The summed E-state index contributed by atoms with van der Waals surface area (Å²) >= 11 is 1.59. The first-order valence-corrected chi connectivity index (χ1v) is 6.72. The summed E-state index contributed by atoms with van der Waals surface area (Å²) in [6.45, 7) is 1.67. The van der Waals surface area contributed by atoms with Gasteiger partial charge in [-0.15, -0.1) is 11.3 Å². The summed E-state index contributed by atoms with van der Waals surface area (Å²) in [5.41, 5.74) is 0. The summed E-state index contributed by atoms with van der Waals surface area (Å²) in [6, 6.07) is 2.03. The molecule has 0 spiro atoms. The van der Waals surface area contributed by atoms with Gasteiger partial charge in [0, 0.05) is 18.3 Å². The Kier molecular flexibility index (Phi) is 4.60. The average Bonchev–Trinajstić information content (AvgIpc) is 2.73. The molecule has 0 aromatic carbocycles. The second-order valence-electron chi connectivity index (χ2n) is 4.03. The van der Waals surface area contributed by atoms with E-state index in [4.69, 9.17) is 4.74 Å². The highest BCUT2D eigenvalue weighted by molar-refractivity contribution is 7.18. The molecule has 0 saturated carbocycles. The van der Waals surface area contributed by atoms with Crippen molar-refractivity contribution in [2.45, 2.75) is 19.8 Å². The predicted molar refractivity (Wildman–Crippen MR) is 72.2 cm³/mol. The number of aryl methyl sites for hydroxylation is 1. The number of anilines is 1. The van der Waals surface area contributed by atoms with Crippen LogP contribution < -0.4 is 5.32 Å². The van der Waals surface area contributed by atoms with Crippen molar-refractivity contribution in [1.82, 2.24) is 9.97 Å². The van der Waals surface area contributed by atoms with Crippen LogP contribution in [0, 0.1) is 6.92 Å². The quantitative estimate of drug-likeness (QED) is 0.830. The molecule has 2 aromatic rings. The van der Waals surface area contributed by atoms with E-state index in [0.717, 1.165) is 20.9 Å². The van der Waals surface area contributed by atoms with E-state index in [9.17, 15) is 8.78 Å². The van der Waals surface area contributed by atoms with Gasteiger partial charge in [-0.3, -0.25) is 0 Å². The van der Waals surface area contributed by atoms with Gasteiger partial charge in [0.2, 0.25) is 0 Å². The maximum absolute atomic E-state index is 11.9. The normalized spacial score (nSPS) is 11.4. The topological polar surface area (TPSA) is 47.0 Å². The van der Waals surface area contributed by atoms with Gasteiger partial charge in [-0.1, -0.05) is 0 Å². The number of nitrogens with zero attached hydrogens (tertiary/aromatic N) is 2. The molecular formula is C12H15F2N3OS. The van der Waals surface area contributed by atoms with Crippen LogP contribution in [0.25, 0.3) is 10.2 Å². The smallest absolute Gasteiger partial charge is 0.261 e. The van der Waals surface area contributed by atoms with Crippen LogP contribution in [0.15, 0.2) is 6.07 Å². The molecule has 0 aliphatic carbocycles. The highest BCUT2D eigenvalue weighted by Crippen LogP contribution is 2.28. The minimum Gasteiger partial charge on any atom is -0.375 e. The van der Waals surface area contributed by atoms with E-state index in [1.54, 1.807) is 18.4 Å². The van der Waals surface area contributed by atoms with Crippen molar-refractivity contribution in [3.8, 4) is 0 Å². The number of alkyl halides is 2. The largest absolute Gasteiger partial charge is 0.375 e. The second kappa shape index (κ2) is 6.21. The molecule has 0 amide bonds. The lowest BCUT2D eigenvalue weighted by molar-refractivity contribution is 0.0183. The van der Waals surface area contributed by atoms with Crippen LogP contribution in [0.4, 0.5) is 14.6 Å². The van der Waals surface area contributed by atoms with Gasteiger partial charge in [0.15, 0.2) is 0 Å². The SMILES string of the molecule is CNc1nc(CCOCC(F)F)nc2sc(C)cc12. The Hall–Kier alpha value is -1.34. The van der Waals surface area contributed by atoms with Gasteiger partial charge in [0.05, 0.1) is 12.0 Å². The zero-order valence-electron chi connectivity index (χ0n) is 10.7. The maximum Gasteiger partial charge on any atom is 0.261 e. The van der Waals surface area contributed by atoms with Crippen molar-refractivity contribution in [3.63, 3.8) is 0 Å². The van der Waals surface area contributed by atoms with Crippen molar-refractivity contribution in [2.75, 3.05) is 25.6 Å². The molecule has 19 heavy (non-hydrogen) atoms. The zero-order chi connectivity index (χ0) is 13.8. The fourth-order valence-corrected chi connectivity index (χ4v) is 2.62. The van der Waals surface area contributed by atoms with Gasteiger partial charge in [-0.2, -0.15) is 0 Å². The van der Waals surface area contributed by atoms with Crippen molar-refractivity contribution >= 4 is 27.4 Å². The van der Waals surface area contributed by atoms with Gasteiger partial charge in [0.1, 0.15) is 23.1 Å². The molecule has 2 heterocycles. The first-order valence-electron chi connectivity index (χ1n) is 5.91. The molecule has 0 saturated heterocycles. The lowest BCUT2D eigenvalue weighted by Gasteiger charge is -2.06. The number of fused-ring (bicyclic) bond motifs is 1. The Labute approximate surface area is 113 Å². The second-order valence-corrected chi connectivity index (χ2v) is 5.27. The fourth-order valence-electron chi connectivity index (χ4n) is 1.72. The molecule has 0 bridgehead atoms. The van der Waals surface area contributed by atoms with Crippen LogP contribution in [0.3, 0.4) is 0 Å². The Morgan fingerprint density at radius 2 is 2.21 bits per heavy atom. The molecule has 1 N–H and O–H groups in total. The van der Waals surface area contributed by atoms with E-state index in [-0.39, 0.29) is 6.61 Å². The van der Waals surface area contributed by atoms with E-state index in [1.165, 1.54) is 0 Å². The van der Waals surface area contributed by atoms with E-state index in [0.29, 0.717) is 12.2 Å². The number of thiophene rings is 1. The molecule has 0 fully saturated rings. The van der Waals surface area contributed by atoms with E-state index >= 15 is 0 Å². The summed E-state index contributed by atoms with van der Waals surface area (Å²) in [5, 5.41) is 4.02. The zero-order valence-corrected chi connectivity index (χ0v) is 11.6. The Morgan fingerprint density at radius 1 is 1.42 bits per heavy atom. The summed E-state index contributed by atoms with van der Waals surface area (Å²) < 4.78 is 28.7. The Bertz CT molecular complexity index is 559. The molecule has 2 rings (SSSR count). The maximum atomic E-state index is 11.9. The standard InChI is InChI=1S/C12H15F2N3OS/c1-7-5-8-11(15-2)16-10(17-12(8)19-7)3-4-18-6-9(13)14/h5,9H,3-4,6H2,1-2H3,(H,15,16,17). The molecule has 0 radical (unpaired) electrons. The number of nitrogens with one attached hydrogen (secondary N) is 1. The van der Waals surface area contributed by atoms with Gasteiger partial charge < -0.3 is 10.1 Å². The molecule has 4 nitrogen and oxygen atoms in total. The monoisotopic (exact) mass is 287 g/mol. The van der Waals surface area contributed by atoms with Crippen LogP contribution in [0.1, 0.15) is 10.7 Å². The van der Waals surface area contributed by atoms with Gasteiger partial charge >= 0.3 is 0 Å². The first kappa shape index (κ1) is 14.1. The molecule has 0 unspecified atom stereocenters. The molecule has 7 heteroatoms. The van der Waals surface area contributed by atoms with Crippen molar-refractivity contribution < 1.29 is 13.5 Å². The molecule has 104 valence electrons. The van der Waals surface area contributed by atoms with Crippen molar-refractivity contribution in [2.24, 2.45) is 0 Å². The lowest BCUT2D eigenvalue weighted by Crippen LogP contribution is -2.09. The van der Waals surface area contributed by atoms with Gasteiger partial charge in [0.25, 0.3) is 6.43 Å². The number of ether oxygens (including phenoxy) is 1. The lowest BCUT2D eigenvalue weighted by atomic mass is 10.3. The summed E-state index contributed by atoms with van der Waals surface area (Å²) in [4.78, 5) is 10.9. The highest BCUT2D eigenvalue weighted by atomic mass is 32.1. The minimum atomic E-state index is -2.43. The molecule has 0 aliphatic heterocycles. The van der Waals surface area contributed by atoms with E-state index < -0.39 is 13.0 Å². The molecule has 0 aliphatic rings. The number of rotatable bonds is 6. The Balaban J connectivity index is 2.10. The molecular weight excluding hydrogens is 272 g/mol. The third kappa shape index (κ3) is 3.57. The van der Waals surface area contributed by atoms with Crippen molar-refractivity contribution in [3.05, 3.63) is 16.8 Å². The minimum absolute atomic E-state index is 0.198. The predicted octanol–water partition coefficient (Wildman–Crippen LogP) is 2.87. The number of hydrogen-bond acceptors (Lipinski definition) is 5. The van der Waals surface area contributed by atoms with Crippen LogP contribution in [-0.4, -0.2) is 36.7 Å². The Morgan fingerprint density at radius 3 is 2.89 bits per heavy atom. The fraction of sp³-hybridized carbons (Fsp3) is 0.500. The summed E-state index contributed by atoms with van der Waals surface area (Å²) in [5.74, 6) is 1.37. The highest BCUT2D eigenvalue weighted by Gasteiger charge is 2.10. The first-order chi connectivity index (χ1) is 9.10. The summed E-state index contributed by atoms with van der Waals surface area (Å²) in [7, 11) is 1.80. The number of aromatic nitrogens is 2. The molecule has 0 atom stereocenters. The van der Waals surface area contributed by atoms with Crippen LogP contribution >= 0.6 is 11.3 Å². The summed E-state index contributed by atoms with van der Waals surface area (Å²) in [6.07, 6.45) is -2.01. The van der Waals surface area contributed by atoms with Crippen LogP contribution in [0.5, 0.6) is 0 Å². The van der Waals surface area contributed by atoms with Gasteiger partial charge in [-0.25, -0.2) is 18.7 Å². The van der Waals surface area contributed by atoms with E-state index in [1.807, 2.05) is 13.0 Å². The third-order valence-electron chi connectivity index (χ3n) is 2.51.